The van der Waals surface area contributed by atoms with Crippen LogP contribution in [0.5, 0.6) is 0 Å². The van der Waals surface area contributed by atoms with Crippen molar-refractivity contribution in [2.75, 3.05) is 12.0 Å². The molecule has 0 aromatic heterocycles. The lowest BCUT2D eigenvalue weighted by molar-refractivity contribution is 0.0692. The van der Waals surface area contributed by atoms with Crippen molar-refractivity contribution in [1.29, 1.82) is 0 Å². The summed E-state index contributed by atoms with van der Waals surface area (Å²) in [6.45, 7) is 0. The zero-order chi connectivity index (χ0) is 12.3. The van der Waals surface area contributed by atoms with Gasteiger partial charge in [-0.2, -0.15) is 0 Å². The summed E-state index contributed by atoms with van der Waals surface area (Å²) in [5.41, 5.74) is -0.267. The standard InChI is InChI=1S/C10H10O5S/c1-16(14,15)6-9(11)7-4-2-3-5-8(7)10(12)13/h2-5H,6H2,1H3,(H,12,13). The van der Waals surface area contributed by atoms with E-state index in [0.29, 0.717) is 0 Å². The maximum atomic E-state index is 11.5. The molecule has 6 heteroatoms. The molecule has 0 aliphatic carbocycles. The molecule has 16 heavy (non-hydrogen) atoms. The molecule has 0 unspecified atom stereocenters. The zero-order valence-corrected chi connectivity index (χ0v) is 9.32. The van der Waals surface area contributed by atoms with Gasteiger partial charge in [-0.25, -0.2) is 13.2 Å². The summed E-state index contributed by atoms with van der Waals surface area (Å²) < 4.78 is 21.9. The highest BCUT2D eigenvalue weighted by Crippen LogP contribution is 2.10. The van der Waals surface area contributed by atoms with Gasteiger partial charge in [-0.05, 0) is 6.07 Å². The lowest BCUT2D eigenvalue weighted by Crippen LogP contribution is -2.17. The lowest BCUT2D eigenvalue weighted by atomic mass is 10.0. The molecule has 1 N–H and O–H groups in total. The smallest absolute Gasteiger partial charge is 0.336 e. The number of carboxylic acid groups (broad SMARTS) is 1. The van der Waals surface area contributed by atoms with Crippen molar-refractivity contribution < 1.29 is 23.1 Å². The van der Waals surface area contributed by atoms with Gasteiger partial charge in [0.1, 0.15) is 5.75 Å². The quantitative estimate of drug-likeness (QED) is 0.781. The number of sulfone groups is 1. The van der Waals surface area contributed by atoms with Crippen molar-refractivity contribution in [3.63, 3.8) is 0 Å². The molecule has 0 radical (unpaired) electrons. The monoisotopic (exact) mass is 242 g/mol. The second-order valence-corrected chi connectivity index (χ2v) is 5.48. The van der Waals surface area contributed by atoms with Crippen molar-refractivity contribution in [3.8, 4) is 0 Å². The van der Waals surface area contributed by atoms with Gasteiger partial charge in [-0.3, -0.25) is 4.79 Å². The van der Waals surface area contributed by atoms with Gasteiger partial charge in [0.15, 0.2) is 15.6 Å². The summed E-state index contributed by atoms with van der Waals surface area (Å²) in [5, 5.41) is 8.81. The molecule has 0 saturated carbocycles. The van der Waals surface area contributed by atoms with Gasteiger partial charge >= 0.3 is 5.97 Å². The van der Waals surface area contributed by atoms with Crippen molar-refractivity contribution in [2.45, 2.75) is 0 Å². The third-order valence-corrected chi connectivity index (χ3v) is 2.64. The van der Waals surface area contributed by atoms with Gasteiger partial charge in [-0.1, -0.05) is 18.2 Å². The molecule has 1 aromatic rings. The zero-order valence-electron chi connectivity index (χ0n) is 8.50. The topological polar surface area (TPSA) is 88.5 Å². The number of benzene rings is 1. The molecule has 5 nitrogen and oxygen atoms in total. The summed E-state index contributed by atoms with van der Waals surface area (Å²) in [6, 6.07) is 5.53. The van der Waals surface area contributed by atoms with Crippen LogP contribution in [0.15, 0.2) is 24.3 Å². The molecule has 0 aliphatic rings. The first-order chi connectivity index (χ1) is 7.31. The van der Waals surface area contributed by atoms with Gasteiger partial charge in [-0.15, -0.1) is 0 Å². The van der Waals surface area contributed by atoms with Gasteiger partial charge < -0.3 is 5.11 Å². The second-order valence-electron chi connectivity index (χ2n) is 3.34. The van der Waals surface area contributed by atoms with Gasteiger partial charge in [0.25, 0.3) is 0 Å². The van der Waals surface area contributed by atoms with E-state index in [9.17, 15) is 18.0 Å². The van der Waals surface area contributed by atoms with E-state index in [1.807, 2.05) is 0 Å². The third-order valence-electron chi connectivity index (χ3n) is 1.85. The fourth-order valence-electron chi connectivity index (χ4n) is 1.23. The highest BCUT2D eigenvalue weighted by atomic mass is 32.2. The summed E-state index contributed by atoms with van der Waals surface area (Å²) >= 11 is 0. The molecule has 0 amide bonds. The molecule has 0 atom stereocenters. The van der Waals surface area contributed by atoms with Crippen LogP contribution in [0, 0.1) is 0 Å². The average molecular weight is 242 g/mol. The van der Waals surface area contributed by atoms with E-state index < -0.39 is 27.3 Å². The van der Waals surface area contributed by atoms with E-state index in [0.717, 1.165) is 6.26 Å². The van der Waals surface area contributed by atoms with Gasteiger partial charge in [0, 0.05) is 11.8 Å². The molecular weight excluding hydrogens is 232 g/mol. The number of hydrogen-bond donors (Lipinski definition) is 1. The highest BCUT2D eigenvalue weighted by Gasteiger charge is 2.19. The number of ketones is 1. The lowest BCUT2D eigenvalue weighted by Gasteiger charge is -2.03. The van der Waals surface area contributed by atoms with Crippen molar-refractivity contribution in [2.24, 2.45) is 0 Å². The Morgan fingerprint density at radius 1 is 1.19 bits per heavy atom. The number of aromatic carboxylic acids is 1. The first-order valence-electron chi connectivity index (χ1n) is 4.34. The number of carboxylic acids is 1. The molecule has 0 bridgehead atoms. The van der Waals surface area contributed by atoms with Crippen LogP contribution < -0.4 is 0 Å². The summed E-state index contributed by atoms with van der Waals surface area (Å²) in [6.07, 6.45) is 0.925. The summed E-state index contributed by atoms with van der Waals surface area (Å²) in [4.78, 5) is 22.3. The molecule has 0 spiro atoms. The van der Waals surface area contributed by atoms with Crippen LogP contribution in [0.4, 0.5) is 0 Å². The summed E-state index contributed by atoms with van der Waals surface area (Å²) in [5.74, 6) is -2.64. The Labute approximate surface area is 92.6 Å². The molecule has 0 fully saturated rings. The molecule has 0 aliphatic heterocycles. The first kappa shape index (κ1) is 12.4. The van der Waals surface area contributed by atoms with E-state index in [1.165, 1.54) is 24.3 Å². The van der Waals surface area contributed by atoms with Crippen molar-refractivity contribution in [3.05, 3.63) is 35.4 Å². The first-order valence-corrected chi connectivity index (χ1v) is 6.40. The Kier molecular flexibility index (Phi) is 3.44. The third kappa shape index (κ3) is 3.16. The fraction of sp³-hybridized carbons (Fsp3) is 0.200. The second kappa shape index (κ2) is 4.44. The average Bonchev–Trinajstić information content (AvgIpc) is 2.15. The van der Waals surface area contributed by atoms with E-state index >= 15 is 0 Å². The number of hydrogen-bond acceptors (Lipinski definition) is 4. The normalized spacial score (nSPS) is 11.1. The Morgan fingerprint density at radius 3 is 2.12 bits per heavy atom. The van der Waals surface area contributed by atoms with Crippen LogP contribution in [0.3, 0.4) is 0 Å². The van der Waals surface area contributed by atoms with E-state index in [4.69, 9.17) is 5.11 Å². The predicted octanol–water partition coefficient (Wildman–Crippen LogP) is 0.612. The molecular formula is C10H10O5S. The number of Topliss-reactive ketones (excluding diaryl/α,β-unsaturated/α-hetero) is 1. The predicted molar refractivity (Wildman–Crippen MR) is 57.4 cm³/mol. The minimum absolute atomic E-state index is 0.0829. The number of carbonyl (C=O) groups excluding carboxylic acids is 1. The molecule has 0 heterocycles. The number of rotatable bonds is 4. The minimum Gasteiger partial charge on any atom is -0.478 e. The van der Waals surface area contributed by atoms with Crippen LogP contribution in [0.2, 0.25) is 0 Å². The SMILES string of the molecule is CS(=O)(=O)CC(=O)c1ccccc1C(=O)O. The van der Waals surface area contributed by atoms with Crippen molar-refractivity contribution >= 4 is 21.6 Å². The maximum absolute atomic E-state index is 11.5. The molecule has 1 rings (SSSR count). The summed E-state index contributed by atoms with van der Waals surface area (Å²) in [7, 11) is -3.46. The fourth-order valence-corrected chi connectivity index (χ4v) is 1.86. The highest BCUT2D eigenvalue weighted by molar-refractivity contribution is 7.91. The van der Waals surface area contributed by atoms with E-state index in [2.05, 4.69) is 0 Å². The Hall–Kier alpha value is -1.69. The Bertz CT molecular complexity index is 530. The van der Waals surface area contributed by atoms with Crippen LogP contribution >= 0.6 is 0 Å². The Balaban J connectivity index is 3.14. The van der Waals surface area contributed by atoms with Crippen LogP contribution in [0.1, 0.15) is 20.7 Å². The molecule has 86 valence electrons. The Morgan fingerprint density at radius 2 is 1.69 bits per heavy atom. The van der Waals surface area contributed by atoms with E-state index in [1.54, 1.807) is 0 Å². The molecule has 0 saturated heterocycles. The maximum Gasteiger partial charge on any atom is 0.336 e. The minimum atomic E-state index is -3.46. The number of carbonyl (C=O) groups is 2. The van der Waals surface area contributed by atoms with E-state index in [-0.39, 0.29) is 11.1 Å². The largest absolute Gasteiger partial charge is 0.478 e. The van der Waals surface area contributed by atoms with Crippen molar-refractivity contribution in [1.82, 2.24) is 0 Å². The van der Waals surface area contributed by atoms with Crippen LogP contribution in [-0.2, 0) is 9.84 Å². The van der Waals surface area contributed by atoms with Gasteiger partial charge in [0.05, 0.1) is 5.56 Å². The molecule has 1 aromatic carbocycles. The van der Waals surface area contributed by atoms with Gasteiger partial charge in [0.2, 0.25) is 0 Å². The van der Waals surface area contributed by atoms with Crippen LogP contribution in [-0.4, -0.2) is 37.3 Å². The van der Waals surface area contributed by atoms with Crippen LogP contribution in [0.25, 0.3) is 0 Å².